The zero-order valence-electron chi connectivity index (χ0n) is 18.9. The molecule has 164 valence electrons. The summed E-state index contributed by atoms with van der Waals surface area (Å²) in [6.07, 6.45) is 2.07. The quantitative estimate of drug-likeness (QED) is 0.753. The van der Waals surface area contributed by atoms with Crippen molar-refractivity contribution in [3.63, 3.8) is 0 Å². The number of aromatic nitrogens is 2. The number of methoxy groups -OCH3 is 1. The van der Waals surface area contributed by atoms with Crippen LogP contribution in [0.3, 0.4) is 0 Å². The van der Waals surface area contributed by atoms with Crippen LogP contribution in [-0.4, -0.2) is 40.3 Å². The summed E-state index contributed by atoms with van der Waals surface area (Å²) in [5.41, 5.74) is 2.21. The van der Waals surface area contributed by atoms with E-state index < -0.39 is 5.41 Å². The number of benzene rings is 1. The fourth-order valence-corrected chi connectivity index (χ4v) is 4.37. The van der Waals surface area contributed by atoms with Crippen LogP contribution in [0.2, 0.25) is 0 Å². The Bertz CT molecular complexity index is 1030. The molecule has 31 heavy (non-hydrogen) atoms. The first kappa shape index (κ1) is 21.3. The third kappa shape index (κ3) is 4.01. The van der Waals surface area contributed by atoms with Gasteiger partial charge in [-0.3, -0.25) is 14.5 Å². The molecule has 7 nitrogen and oxygen atoms in total. The first-order valence-corrected chi connectivity index (χ1v) is 10.8. The molecule has 1 saturated heterocycles. The summed E-state index contributed by atoms with van der Waals surface area (Å²) in [5.74, 6) is 2.19. The van der Waals surface area contributed by atoms with Crippen molar-refractivity contribution in [2.45, 2.75) is 59.5 Å². The molecule has 1 aromatic carbocycles. The lowest BCUT2D eigenvalue weighted by Crippen LogP contribution is -2.39. The van der Waals surface area contributed by atoms with E-state index in [1.165, 1.54) is 0 Å². The summed E-state index contributed by atoms with van der Waals surface area (Å²) in [7, 11) is 1.63. The van der Waals surface area contributed by atoms with Crippen LogP contribution in [0.15, 0.2) is 24.3 Å². The van der Waals surface area contributed by atoms with Crippen molar-refractivity contribution < 1.29 is 14.3 Å². The minimum Gasteiger partial charge on any atom is -0.497 e. The predicted octanol–water partition coefficient (Wildman–Crippen LogP) is 3.59. The predicted molar refractivity (Wildman–Crippen MR) is 118 cm³/mol. The second-order valence-corrected chi connectivity index (χ2v) is 9.38. The van der Waals surface area contributed by atoms with Crippen molar-refractivity contribution in [2.24, 2.45) is 5.41 Å². The van der Waals surface area contributed by atoms with Gasteiger partial charge in [-0.25, -0.2) is 9.97 Å². The molecule has 3 heterocycles. The fourth-order valence-electron chi connectivity index (χ4n) is 4.37. The van der Waals surface area contributed by atoms with Gasteiger partial charge in [-0.15, -0.1) is 0 Å². The lowest BCUT2D eigenvalue weighted by molar-refractivity contribution is -0.140. The van der Waals surface area contributed by atoms with Crippen LogP contribution < -0.4 is 9.64 Å². The van der Waals surface area contributed by atoms with E-state index in [2.05, 4.69) is 0 Å². The molecule has 1 atom stereocenters. The number of likely N-dealkylation sites (tertiary alicyclic amines) is 1. The Morgan fingerprint density at radius 3 is 2.74 bits per heavy atom. The molecule has 4 rings (SSSR count). The van der Waals surface area contributed by atoms with Crippen molar-refractivity contribution in [1.82, 2.24) is 14.9 Å². The third-order valence-corrected chi connectivity index (χ3v) is 6.02. The highest BCUT2D eigenvalue weighted by Crippen LogP contribution is 2.37. The number of fused-ring (bicyclic) bond motifs is 1. The molecular weight excluding hydrogens is 392 g/mol. The number of hydrogen-bond acceptors (Lipinski definition) is 5. The first-order chi connectivity index (χ1) is 14.7. The smallest absolute Gasteiger partial charge is 0.233 e. The van der Waals surface area contributed by atoms with Crippen LogP contribution in [-0.2, 0) is 22.6 Å². The number of amides is 2. The van der Waals surface area contributed by atoms with Gasteiger partial charge in [-0.1, -0.05) is 32.9 Å². The zero-order valence-corrected chi connectivity index (χ0v) is 18.9. The number of carbonyl (C=O) groups excluding carboxylic acids is 2. The summed E-state index contributed by atoms with van der Waals surface area (Å²) in [5, 5.41) is 0. The van der Waals surface area contributed by atoms with Gasteiger partial charge in [0.15, 0.2) is 5.82 Å². The molecule has 7 heteroatoms. The Morgan fingerprint density at radius 2 is 2.03 bits per heavy atom. The maximum absolute atomic E-state index is 13.0. The fraction of sp³-hybridized carbons (Fsp3) is 0.500. The van der Waals surface area contributed by atoms with Crippen LogP contribution in [0.1, 0.15) is 62.3 Å². The van der Waals surface area contributed by atoms with E-state index in [-0.39, 0.29) is 17.9 Å². The highest BCUT2D eigenvalue weighted by molar-refractivity contribution is 6.00. The van der Waals surface area contributed by atoms with E-state index in [0.29, 0.717) is 31.2 Å². The summed E-state index contributed by atoms with van der Waals surface area (Å²) in [6.45, 7) is 8.88. The molecular formula is C24H30N4O3. The normalized spacial score (nSPS) is 18.5. The van der Waals surface area contributed by atoms with E-state index in [0.717, 1.165) is 35.4 Å². The molecule has 0 bridgehead atoms. The molecule has 2 aliphatic rings. The molecule has 1 fully saturated rings. The Balaban J connectivity index is 1.67. The molecule has 0 radical (unpaired) electrons. The van der Waals surface area contributed by atoms with Gasteiger partial charge in [0.2, 0.25) is 11.8 Å². The summed E-state index contributed by atoms with van der Waals surface area (Å²) in [4.78, 5) is 39.1. The van der Waals surface area contributed by atoms with Gasteiger partial charge in [0.05, 0.1) is 26.1 Å². The second kappa shape index (κ2) is 7.94. The third-order valence-electron chi connectivity index (χ3n) is 6.02. The molecule has 0 aliphatic carbocycles. The molecule has 0 spiro atoms. The summed E-state index contributed by atoms with van der Waals surface area (Å²) in [6, 6.07) is 7.56. The largest absolute Gasteiger partial charge is 0.497 e. The first-order valence-electron chi connectivity index (χ1n) is 10.8. The number of ether oxygens (including phenoxy) is 1. The van der Waals surface area contributed by atoms with E-state index in [1.54, 1.807) is 12.0 Å². The van der Waals surface area contributed by atoms with E-state index >= 15 is 0 Å². The average molecular weight is 423 g/mol. The standard InChI is InChI=1S/C24H30N4O3/c1-15-18-13-20(29)28(14-16-8-6-9-17(12-16)31-5)22(18)26-21(25-15)19-10-7-11-27(19)23(30)24(2,3)4/h6,8-9,12,19H,7,10-11,13-14H2,1-5H3. The van der Waals surface area contributed by atoms with Crippen molar-refractivity contribution in [3.05, 3.63) is 46.9 Å². The molecule has 0 N–H and O–H groups in total. The monoisotopic (exact) mass is 422 g/mol. The SMILES string of the molecule is COc1cccc(CN2C(=O)Cc3c(C)nc(C4CCCN4C(=O)C(C)(C)C)nc32)c1. The summed E-state index contributed by atoms with van der Waals surface area (Å²) < 4.78 is 5.32. The maximum Gasteiger partial charge on any atom is 0.233 e. The molecule has 0 saturated carbocycles. The van der Waals surface area contributed by atoms with Crippen LogP contribution in [0.5, 0.6) is 5.75 Å². The zero-order chi connectivity index (χ0) is 22.3. The Morgan fingerprint density at radius 1 is 1.26 bits per heavy atom. The van der Waals surface area contributed by atoms with Crippen molar-refractivity contribution in [1.29, 1.82) is 0 Å². The maximum atomic E-state index is 13.0. The lowest BCUT2D eigenvalue weighted by Gasteiger charge is -2.30. The summed E-state index contributed by atoms with van der Waals surface area (Å²) >= 11 is 0. The van der Waals surface area contributed by atoms with Crippen molar-refractivity contribution in [2.75, 3.05) is 18.6 Å². The van der Waals surface area contributed by atoms with Crippen molar-refractivity contribution in [3.8, 4) is 5.75 Å². The Kier molecular flexibility index (Phi) is 5.45. The van der Waals surface area contributed by atoms with Gasteiger partial charge in [-0.2, -0.15) is 0 Å². The highest BCUT2D eigenvalue weighted by Gasteiger charge is 2.39. The number of carbonyl (C=O) groups is 2. The van der Waals surface area contributed by atoms with E-state index in [1.807, 2.05) is 56.9 Å². The lowest BCUT2D eigenvalue weighted by atomic mass is 9.94. The highest BCUT2D eigenvalue weighted by atomic mass is 16.5. The minimum atomic E-state index is -0.456. The van der Waals surface area contributed by atoms with Gasteiger partial charge >= 0.3 is 0 Å². The van der Waals surface area contributed by atoms with E-state index in [4.69, 9.17) is 14.7 Å². The van der Waals surface area contributed by atoms with Crippen LogP contribution in [0, 0.1) is 12.3 Å². The van der Waals surface area contributed by atoms with Crippen LogP contribution in [0.4, 0.5) is 5.82 Å². The topological polar surface area (TPSA) is 75.6 Å². The molecule has 1 aromatic heterocycles. The molecule has 1 unspecified atom stereocenters. The van der Waals surface area contributed by atoms with E-state index in [9.17, 15) is 9.59 Å². The van der Waals surface area contributed by atoms with Gasteiger partial charge < -0.3 is 9.64 Å². The molecule has 2 aromatic rings. The molecule has 2 amide bonds. The minimum absolute atomic E-state index is 0.0152. The van der Waals surface area contributed by atoms with Gasteiger partial charge in [-0.05, 0) is 37.5 Å². The Labute approximate surface area is 183 Å². The number of nitrogens with zero attached hydrogens (tertiary/aromatic N) is 4. The number of aryl methyl sites for hydroxylation is 1. The van der Waals surface area contributed by atoms with Gasteiger partial charge in [0, 0.05) is 23.2 Å². The second-order valence-electron chi connectivity index (χ2n) is 9.38. The van der Waals surface area contributed by atoms with Crippen molar-refractivity contribution >= 4 is 17.6 Å². The number of anilines is 1. The Hall–Kier alpha value is -2.96. The van der Waals surface area contributed by atoms with Crippen LogP contribution >= 0.6 is 0 Å². The number of rotatable bonds is 4. The van der Waals surface area contributed by atoms with Gasteiger partial charge in [0.25, 0.3) is 0 Å². The van der Waals surface area contributed by atoms with Gasteiger partial charge in [0.1, 0.15) is 11.6 Å². The van der Waals surface area contributed by atoms with Crippen LogP contribution in [0.25, 0.3) is 0 Å². The average Bonchev–Trinajstić information content (AvgIpc) is 3.33. The number of hydrogen-bond donors (Lipinski definition) is 0. The molecule has 2 aliphatic heterocycles.